The molecule has 18 heavy (non-hydrogen) atoms. The fourth-order valence-corrected chi connectivity index (χ4v) is 2.36. The number of anilines is 1. The molecule has 0 amide bonds. The van der Waals surface area contributed by atoms with Crippen molar-refractivity contribution in [2.24, 2.45) is 0 Å². The molecule has 0 saturated heterocycles. The van der Waals surface area contributed by atoms with Crippen molar-refractivity contribution >= 4 is 28.5 Å². The third-order valence-electron chi connectivity index (χ3n) is 2.43. The lowest BCUT2D eigenvalue weighted by atomic mass is 10.3. The summed E-state index contributed by atoms with van der Waals surface area (Å²) in [5.74, 6) is -0.288. The van der Waals surface area contributed by atoms with Crippen LogP contribution in [0.15, 0.2) is 57.0 Å². The normalized spacial score (nSPS) is 10.9. The number of benzene rings is 2. The molecular formula is C13H9FN2OS. The summed E-state index contributed by atoms with van der Waals surface area (Å²) in [6.45, 7) is 0. The number of hydrogen-bond donors (Lipinski definition) is 1. The summed E-state index contributed by atoms with van der Waals surface area (Å²) in [5, 5.41) is 0.403. The molecular weight excluding hydrogens is 251 g/mol. The zero-order chi connectivity index (χ0) is 12.5. The molecule has 0 saturated carbocycles. The second kappa shape index (κ2) is 4.34. The molecule has 0 aliphatic heterocycles. The number of nitrogens with two attached hydrogens (primary N) is 1. The summed E-state index contributed by atoms with van der Waals surface area (Å²) >= 11 is 1.15. The molecule has 0 unspecified atom stereocenters. The topological polar surface area (TPSA) is 52.0 Å². The first-order valence-corrected chi connectivity index (χ1v) is 6.12. The average Bonchev–Trinajstić information content (AvgIpc) is 2.73. The molecule has 0 spiro atoms. The monoisotopic (exact) mass is 260 g/mol. The summed E-state index contributed by atoms with van der Waals surface area (Å²) < 4.78 is 19.0. The van der Waals surface area contributed by atoms with Gasteiger partial charge in [-0.25, -0.2) is 9.37 Å². The lowest BCUT2D eigenvalue weighted by Gasteiger charge is -1.97. The van der Waals surface area contributed by atoms with E-state index in [1.807, 2.05) is 0 Å². The van der Waals surface area contributed by atoms with Crippen LogP contribution in [-0.2, 0) is 0 Å². The first-order chi connectivity index (χ1) is 8.72. The first-order valence-electron chi connectivity index (χ1n) is 5.31. The Morgan fingerprint density at radius 3 is 2.83 bits per heavy atom. The molecule has 0 bridgehead atoms. The van der Waals surface area contributed by atoms with E-state index < -0.39 is 0 Å². The molecule has 2 N–H and O–H groups in total. The molecule has 0 radical (unpaired) electrons. The Kier molecular flexibility index (Phi) is 2.68. The van der Waals surface area contributed by atoms with Crippen LogP contribution in [0.3, 0.4) is 0 Å². The Morgan fingerprint density at radius 1 is 1.17 bits per heavy atom. The van der Waals surface area contributed by atoms with Gasteiger partial charge in [0.1, 0.15) is 11.3 Å². The Balaban J connectivity index is 1.98. The van der Waals surface area contributed by atoms with Gasteiger partial charge < -0.3 is 10.2 Å². The van der Waals surface area contributed by atoms with Gasteiger partial charge in [0.25, 0.3) is 5.22 Å². The van der Waals surface area contributed by atoms with Crippen molar-refractivity contribution in [2.45, 2.75) is 10.1 Å². The predicted molar refractivity (Wildman–Crippen MR) is 68.9 cm³/mol. The standard InChI is InChI=1S/C13H9FN2OS/c14-9-3-1-2-4-12(9)18-13-16-10-6-5-8(15)7-11(10)17-13/h1-7H,15H2. The van der Waals surface area contributed by atoms with Crippen molar-refractivity contribution < 1.29 is 8.81 Å². The van der Waals surface area contributed by atoms with E-state index in [-0.39, 0.29) is 5.82 Å². The van der Waals surface area contributed by atoms with Crippen molar-refractivity contribution in [1.82, 2.24) is 4.98 Å². The van der Waals surface area contributed by atoms with Crippen LogP contribution in [0.5, 0.6) is 0 Å². The van der Waals surface area contributed by atoms with Crippen molar-refractivity contribution in [3.05, 3.63) is 48.3 Å². The summed E-state index contributed by atoms with van der Waals surface area (Å²) in [6.07, 6.45) is 0. The smallest absolute Gasteiger partial charge is 0.261 e. The second-order valence-corrected chi connectivity index (χ2v) is 4.73. The van der Waals surface area contributed by atoms with Gasteiger partial charge in [-0.3, -0.25) is 0 Å². The van der Waals surface area contributed by atoms with E-state index in [1.54, 1.807) is 36.4 Å². The fraction of sp³-hybridized carbons (Fsp3) is 0. The van der Waals surface area contributed by atoms with E-state index in [0.717, 1.165) is 11.8 Å². The van der Waals surface area contributed by atoms with E-state index in [0.29, 0.717) is 26.9 Å². The molecule has 3 rings (SSSR count). The Bertz CT molecular complexity index is 711. The van der Waals surface area contributed by atoms with Crippen LogP contribution in [0.2, 0.25) is 0 Å². The van der Waals surface area contributed by atoms with Gasteiger partial charge in [0.2, 0.25) is 0 Å². The molecule has 0 aliphatic carbocycles. The molecule has 0 aliphatic rings. The number of nitrogen functional groups attached to an aromatic ring is 1. The third-order valence-corrected chi connectivity index (χ3v) is 3.33. The number of aromatic nitrogens is 1. The first kappa shape index (κ1) is 11.1. The average molecular weight is 260 g/mol. The van der Waals surface area contributed by atoms with E-state index >= 15 is 0 Å². The van der Waals surface area contributed by atoms with Gasteiger partial charge in [0.15, 0.2) is 5.58 Å². The van der Waals surface area contributed by atoms with Crippen LogP contribution >= 0.6 is 11.8 Å². The lowest BCUT2D eigenvalue weighted by Crippen LogP contribution is -1.81. The van der Waals surface area contributed by atoms with Gasteiger partial charge in [0, 0.05) is 11.8 Å². The number of halogens is 1. The number of nitrogens with zero attached hydrogens (tertiary/aromatic N) is 1. The van der Waals surface area contributed by atoms with Crippen molar-refractivity contribution in [1.29, 1.82) is 0 Å². The Morgan fingerprint density at radius 2 is 2.00 bits per heavy atom. The number of oxazole rings is 1. The van der Waals surface area contributed by atoms with Crippen LogP contribution in [0.1, 0.15) is 0 Å². The maximum Gasteiger partial charge on any atom is 0.261 e. The van der Waals surface area contributed by atoms with E-state index in [9.17, 15) is 4.39 Å². The van der Waals surface area contributed by atoms with E-state index in [2.05, 4.69) is 4.98 Å². The van der Waals surface area contributed by atoms with Crippen LogP contribution in [-0.4, -0.2) is 4.98 Å². The van der Waals surface area contributed by atoms with E-state index in [4.69, 9.17) is 10.2 Å². The minimum Gasteiger partial charge on any atom is -0.431 e. The highest BCUT2D eigenvalue weighted by Gasteiger charge is 2.10. The van der Waals surface area contributed by atoms with Gasteiger partial charge in [-0.05, 0) is 36.0 Å². The lowest BCUT2D eigenvalue weighted by molar-refractivity contribution is 0.488. The van der Waals surface area contributed by atoms with Crippen LogP contribution in [0.25, 0.3) is 11.1 Å². The third kappa shape index (κ3) is 2.04. The number of rotatable bonds is 2. The quantitative estimate of drug-likeness (QED) is 0.714. The number of fused-ring (bicyclic) bond motifs is 1. The maximum atomic E-state index is 13.5. The maximum absolute atomic E-state index is 13.5. The molecule has 3 nitrogen and oxygen atoms in total. The second-order valence-electron chi connectivity index (χ2n) is 3.74. The van der Waals surface area contributed by atoms with Gasteiger partial charge in [-0.2, -0.15) is 0 Å². The van der Waals surface area contributed by atoms with Gasteiger partial charge in [0.05, 0.1) is 4.90 Å². The molecule has 90 valence electrons. The largest absolute Gasteiger partial charge is 0.431 e. The SMILES string of the molecule is Nc1ccc2nc(Sc3ccccc3F)oc2c1. The van der Waals surface area contributed by atoms with Crippen LogP contribution < -0.4 is 5.73 Å². The molecule has 0 fully saturated rings. The number of hydrogen-bond acceptors (Lipinski definition) is 4. The van der Waals surface area contributed by atoms with Crippen molar-refractivity contribution in [3.63, 3.8) is 0 Å². The van der Waals surface area contributed by atoms with Crippen LogP contribution in [0.4, 0.5) is 10.1 Å². The molecule has 1 aromatic heterocycles. The summed E-state index contributed by atoms with van der Waals surface area (Å²) in [4.78, 5) is 4.75. The molecule has 3 aromatic rings. The van der Waals surface area contributed by atoms with Gasteiger partial charge >= 0.3 is 0 Å². The Labute approximate surface area is 107 Å². The molecule has 1 heterocycles. The summed E-state index contributed by atoms with van der Waals surface area (Å²) in [6, 6.07) is 11.7. The molecule has 5 heteroatoms. The molecule has 0 atom stereocenters. The predicted octanol–water partition coefficient (Wildman–Crippen LogP) is 3.70. The Hall–Kier alpha value is -2.01. The minimum atomic E-state index is -0.288. The van der Waals surface area contributed by atoms with Gasteiger partial charge in [-0.1, -0.05) is 12.1 Å². The van der Waals surface area contributed by atoms with Crippen molar-refractivity contribution in [2.75, 3.05) is 5.73 Å². The summed E-state index contributed by atoms with van der Waals surface area (Å²) in [7, 11) is 0. The fourth-order valence-electron chi connectivity index (χ4n) is 1.59. The minimum absolute atomic E-state index is 0.288. The molecule has 2 aromatic carbocycles. The van der Waals surface area contributed by atoms with Crippen LogP contribution in [0, 0.1) is 5.82 Å². The highest BCUT2D eigenvalue weighted by Crippen LogP contribution is 2.31. The zero-order valence-corrected chi connectivity index (χ0v) is 10.1. The van der Waals surface area contributed by atoms with E-state index in [1.165, 1.54) is 6.07 Å². The summed E-state index contributed by atoms with van der Waals surface area (Å²) in [5.41, 5.74) is 7.58. The highest BCUT2D eigenvalue weighted by molar-refractivity contribution is 7.99. The van der Waals surface area contributed by atoms with Gasteiger partial charge in [-0.15, -0.1) is 0 Å². The highest BCUT2D eigenvalue weighted by atomic mass is 32.2. The van der Waals surface area contributed by atoms with Crippen molar-refractivity contribution in [3.8, 4) is 0 Å². The zero-order valence-electron chi connectivity index (χ0n) is 9.26.